The van der Waals surface area contributed by atoms with E-state index in [2.05, 4.69) is 50.5 Å². The van der Waals surface area contributed by atoms with Crippen molar-refractivity contribution in [2.45, 2.75) is 71.2 Å². The zero-order valence-electron chi connectivity index (χ0n) is 22.8. The van der Waals surface area contributed by atoms with Crippen LogP contribution in [0.15, 0.2) is 42.6 Å². The summed E-state index contributed by atoms with van der Waals surface area (Å²) in [7, 11) is 0. The van der Waals surface area contributed by atoms with Gasteiger partial charge in [-0.15, -0.1) is 10.2 Å². The lowest BCUT2D eigenvalue weighted by Crippen LogP contribution is -2.61. The minimum absolute atomic E-state index is 0.234. The highest BCUT2D eigenvalue weighted by Crippen LogP contribution is 2.35. The zero-order chi connectivity index (χ0) is 26.4. The summed E-state index contributed by atoms with van der Waals surface area (Å²) < 4.78 is 7.89. The molecule has 1 amide bonds. The molecule has 0 saturated carbocycles. The number of nitrogens with zero attached hydrogens (tertiary/aromatic N) is 7. The van der Waals surface area contributed by atoms with Crippen molar-refractivity contribution in [1.82, 2.24) is 29.5 Å². The quantitative estimate of drug-likeness (QED) is 0.515. The van der Waals surface area contributed by atoms with Crippen LogP contribution in [0.2, 0.25) is 0 Å². The third-order valence-electron chi connectivity index (χ3n) is 7.81. The second kappa shape index (κ2) is 9.69. The van der Waals surface area contributed by atoms with E-state index in [4.69, 9.17) is 14.9 Å². The van der Waals surface area contributed by atoms with Gasteiger partial charge < -0.3 is 14.5 Å². The van der Waals surface area contributed by atoms with Gasteiger partial charge in [0.1, 0.15) is 17.2 Å². The molecule has 5 heterocycles. The Bertz CT molecular complexity index is 1300. The van der Waals surface area contributed by atoms with E-state index >= 15 is 0 Å². The SMILES string of the molecule is Cc1ccc2c(c1)CN(C1CN(C(=O)OC(C)(C)C)C1)Cc1nnc(C3CCN(c4ccccn4)CC3)n1-2. The van der Waals surface area contributed by atoms with Gasteiger partial charge in [0.15, 0.2) is 5.82 Å². The van der Waals surface area contributed by atoms with Gasteiger partial charge in [0.2, 0.25) is 0 Å². The van der Waals surface area contributed by atoms with Gasteiger partial charge in [-0.1, -0.05) is 23.8 Å². The van der Waals surface area contributed by atoms with Crippen molar-refractivity contribution in [2.24, 2.45) is 0 Å². The summed E-state index contributed by atoms with van der Waals surface area (Å²) in [5.41, 5.74) is 3.23. The van der Waals surface area contributed by atoms with Crippen LogP contribution in [0, 0.1) is 6.92 Å². The summed E-state index contributed by atoms with van der Waals surface area (Å²) in [6.07, 6.45) is 3.67. The van der Waals surface area contributed by atoms with Gasteiger partial charge >= 0.3 is 6.09 Å². The van der Waals surface area contributed by atoms with Crippen molar-refractivity contribution in [1.29, 1.82) is 0 Å². The summed E-state index contributed by atoms with van der Waals surface area (Å²) in [5.74, 6) is 3.44. The molecule has 0 aliphatic carbocycles. The lowest BCUT2D eigenvalue weighted by molar-refractivity contribution is -0.0190. The Morgan fingerprint density at radius 2 is 1.82 bits per heavy atom. The van der Waals surface area contributed by atoms with Crippen LogP contribution in [-0.4, -0.2) is 73.5 Å². The number of rotatable bonds is 3. The summed E-state index contributed by atoms with van der Waals surface area (Å²) in [6.45, 7) is 12.6. The van der Waals surface area contributed by atoms with Crippen LogP contribution in [0.4, 0.5) is 10.6 Å². The highest BCUT2D eigenvalue weighted by atomic mass is 16.6. The second-order valence-electron chi connectivity index (χ2n) is 11.8. The Kier molecular flexibility index (Phi) is 6.34. The molecule has 2 fully saturated rings. The smallest absolute Gasteiger partial charge is 0.410 e. The first-order chi connectivity index (χ1) is 18.2. The summed E-state index contributed by atoms with van der Waals surface area (Å²) >= 11 is 0. The first-order valence-electron chi connectivity index (χ1n) is 13.7. The van der Waals surface area contributed by atoms with E-state index in [1.54, 1.807) is 4.90 Å². The third kappa shape index (κ3) is 4.87. The van der Waals surface area contributed by atoms with E-state index in [0.717, 1.165) is 49.9 Å². The number of ether oxygens (including phenoxy) is 1. The molecule has 3 aromatic rings. The molecule has 3 aliphatic rings. The second-order valence-corrected chi connectivity index (χ2v) is 11.8. The van der Waals surface area contributed by atoms with E-state index in [9.17, 15) is 4.79 Å². The van der Waals surface area contributed by atoms with Crippen LogP contribution in [0.5, 0.6) is 0 Å². The molecular formula is C29H37N7O2. The molecule has 1 aromatic carbocycles. The third-order valence-corrected chi connectivity index (χ3v) is 7.81. The van der Waals surface area contributed by atoms with Crippen LogP contribution >= 0.6 is 0 Å². The van der Waals surface area contributed by atoms with Gasteiger partial charge in [0.25, 0.3) is 0 Å². The summed E-state index contributed by atoms with van der Waals surface area (Å²) in [5, 5.41) is 9.50. The topological polar surface area (TPSA) is 79.6 Å². The maximum absolute atomic E-state index is 12.5. The lowest BCUT2D eigenvalue weighted by atomic mass is 9.95. The van der Waals surface area contributed by atoms with Gasteiger partial charge in [-0.05, 0) is 64.3 Å². The highest BCUT2D eigenvalue weighted by Gasteiger charge is 2.39. The van der Waals surface area contributed by atoms with E-state index in [1.165, 1.54) is 16.8 Å². The Labute approximate surface area is 224 Å². The fraction of sp³-hybridized carbons (Fsp3) is 0.517. The van der Waals surface area contributed by atoms with Crippen LogP contribution in [-0.2, 0) is 17.8 Å². The van der Waals surface area contributed by atoms with E-state index < -0.39 is 5.60 Å². The molecule has 9 nitrogen and oxygen atoms in total. The molecule has 2 aromatic heterocycles. The number of carbonyl (C=O) groups is 1. The number of fused-ring (bicyclic) bond motifs is 3. The van der Waals surface area contributed by atoms with Crippen molar-refractivity contribution in [3.8, 4) is 5.69 Å². The Morgan fingerprint density at radius 3 is 2.53 bits per heavy atom. The lowest BCUT2D eigenvalue weighted by Gasteiger charge is -2.44. The molecule has 0 radical (unpaired) electrons. The maximum atomic E-state index is 12.5. The fourth-order valence-electron chi connectivity index (χ4n) is 5.80. The molecule has 9 heteroatoms. The number of aryl methyl sites for hydroxylation is 1. The van der Waals surface area contributed by atoms with Crippen molar-refractivity contribution in [3.05, 3.63) is 65.4 Å². The van der Waals surface area contributed by atoms with Gasteiger partial charge in [-0.25, -0.2) is 9.78 Å². The van der Waals surface area contributed by atoms with Crippen LogP contribution in [0.3, 0.4) is 0 Å². The first kappa shape index (κ1) is 24.9. The monoisotopic (exact) mass is 515 g/mol. The minimum atomic E-state index is -0.484. The first-order valence-corrected chi connectivity index (χ1v) is 13.7. The highest BCUT2D eigenvalue weighted by molar-refractivity contribution is 5.69. The average molecular weight is 516 g/mol. The average Bonchev–Trinajstić information content (AvgIpc) is 3.19. The predicted molar refractivity (Wildman–Crippen MR) is 145 cm³/mol. The van der Waals surface area contributed by atoms with Crippen molar-refractivity contribution < 1.29 is 9.53 Å². The van der Waals surface area contributed by atoms with E-state index in [-0.39, 0.29) is 12.1 Å². The fourth-order valence-corrected chi connectivity index (χ4v) is 5.80. The van der Waals surface area contributed by atoms with Crippen molar-refractivity contribution in [2.75, 3.05) is 31.1 Å². The van der Waals surface area contributed by atoms with Gasteiger partial charge in [0, 0.05) is 50.9 Å². The summed E-state index contributed by atoms with van der Waals surface area (Å²) in [4.78, 5) is 23.7. The molecule has 0 N–H and O–H groups in total. The number of hydrogen-bond donors (Lipinski definition) is 0. The van der Waals surface area contributed by atoms with E-state index in [1.807, 2.05) is 39.1 Å². The number of aromatic nitrogens is 4. The molecule has 0 bridgehead atoms. The maximum Gasteiger partial charge on any atom is 0.410 e. The van der Waals surface area contributed by atoms with Gasteiger partial charge in [0.05, 0.1) is 12.2 Å². The molecule has 3 aliphatic heterocycles. The Balaban J connectivity index is 1.22. The molecule has 2 saturated heterocycles. The molecule has 200 valence electrons. The number of carbonyl (C=O) groups excluding carboxylic acids is 1. The van der Waals surface area contributed by atoms with Crippen molar-refractivity contribution in [3.63, 3.8) is 0 Å². The predicted octanol–water partition coefficient (Wildman–Crippen LogP) is 4.29. The zero-order valence-corrected chi connectivity index (χ0v) is 22.8. The summed E-state index contributed by atoms with van der Waals surface area (Å²) in [6, 6.07) is 13.1. The number of pyridine rings is 1. The Morgan fingerprint density at radius 1 is 1.03 bits per heavy atom. The Hall–Kier alpha value is -3.46. The molecule has 0 atom stereocenters. The number of benzene rings is 1. The van der Waals surface area contributed by atoms with E-state index in [0.29, 0.717) is 25.6 Å². The standard InChI is InChI=1S/C29H37N7O2/c1-20-8-9-24-22(15-20)16-34(23-17-35(18-23)28(37)38-29(2,3)4)19-26-31-32-27(36(24)26)21-10-13-33(14-11-21)25-7-5-6-12-30-25/h5-9,12,15,21,23H,10-11,13-14,16-19H2,1-4H3. The molecule has 6 rings (SSSR count). The number of anilines is 1. The van der Waals surface area contributed by atoms with Crippen LogP contribution in [0.25, 0.3) is 5.69 Å². The number of piperidine rings is 1. The van der Waals surface area contributed by atoms with Crippen LogP contribution in [0.1, 0.15) is 62.3 Å². The van der Waals surface area contributed by atoms with Gasteiger partial charge in [-0.3, -0.25) is 9.47 Å². The number of likely N-dealkylation sites (tertiary alicyclic amines) is 1. The number of amides is 1. The van der Waals surface area contributed by atoms with Gasteiger partial charge in [-0.2, -0.15) is 0 Å². The van der Waals surface area contributed by atoms with Crippen LogP contribution < -0.4 is 4.90 Å². The molecular weight excluding hydrogens is 478 g/mol. The molecule has 38 heavy (non-hydrogen) atoms. The molecule has 0 unspecified atom stereocenters. The normalized spacial score (nSPS) is 18.9. The number of hydrogen-bond acceptors (Lipinski definition) is 7. The van der Waals surface area contributed by atoms with Crippen molar-refractivity contribution >= 4 is 11.9 Å². The molecule has 0 spiro atoms. The minimum Gasteiger partial charge on any atom is -0.444 e. The largest absolute Gasteiger partial charge is 0.444 e.